The van der Waals surface area contributed by atoms with Gasteiger partial charge in [-0.15, -0.1) is 0 Å². The summed E-state index contributed by atoms with van der Waals surface area (Å²) in [7, 11) is 0. The third kappa shape index (κ3) is 2.22. The van der Waals surface area contributed by atoms with Gasteiger partial charge in [0.2, 0.25) is 5.91 Å². The zero-order chi connectivity index (χ0) is 9.80. The second kappa shape index (κ2) is 4.09. The highest BCUT2D eigenvalue weighted by molar-refractivity contribution is 5.82. The summed E-state index contributed by atoms with van der Waals surface area (Å²) < 4.78 is 0. The molecule has 1 N–H and O–H groups in total. The van der Waals surface area contributed by atoms with Gasteiger partial charge in [0.25, 0.3) is 0 Å². The second-order valence-corrected chi connectivity index (χ2v) is 3.52. The first-order valence-electron chi connectivity index (χ1n) is 4.85. The Labute approximate surface area is 83.6 Å². The lowest BCUT2D eigenvalue weighted by Gasteiger charge is -2.25. The van der Waals surface area contributed by atoms with Crippen molar-refractivity contribution in [2.75, 3.05) is 0 Å². The Kier molecular flexibility index (Phi) is 2.63. The summed E-state index contributed by atoms with van der Waals surface area (Å²) >= 11 is 0. The normalized spacial score (nSPS) is 20.6. The van der Waals surface area contributed by atoms with Crippen molar-refractivity contribution in [3.8, 4) is 0 Å². The predicted molar refractivity (Wildman–Crippen MR) is 56.6 cm³/mol. The number of amides is 1. The smallest absolute Gasteiger partial charge is 0.222 e. The van der Waals surface area contributed by atoms with E-state index < -0.39 is 0 Å². The van der Waals surface area contributed by atoms with E-state index >= 15 is 0 Å². The van der Waals surface area contributed by atoms with Gasteiger partial charge in [-0.25, -0.2) is 0 Å². The summed E-state index contributed by atoms with van der Waals surface area (Å²) in [5.41, 5.74) is 1.21. The van der Waals surface area contributed by atoms with Gasteiger partial charge in [0, 0.05) is 12.5 Å². The summed E-state index contributed by atoms with van der Waals surface area (Å²) in [6, 6.07) is 10.5. The zero-order valence-electron chi connectivity index (χ0n) is 7.94. The molecule has 1 heterocycles. The Hall–Kier alpha value is -1.57. The van der Waals surface area contributed by atoms with Crippen LogP contribution >= 0.6 is 0 Å². The fourth-order valence-corrected chi connectivity index (χ4v) is 1.51. The van der Waals surface area contributed by atoms with Crippen LogP contribution in [0.5, 0.6) is 0 Å². The van der Waals surface area contributed by atoms with Crippen LogP contribution in [-0.4, -0.2) is 11.9 Å². The van der Waals surface area contributed by atoms with Crippen LogP contribution in [0.2, 0.25) is 0 Å². The Balaban J connectivity index is 1.80. The van der Waals surface area contributed by atoms with Gasteiger partial charge in [-0.1, -0.05) is 42.5 Å². The molecule has 1 unspecified atom stereocenters. The first-order valence-corrected chi connectivity index (χ1v) is 4.85. The van der Waals surface area contributed by atoms with E-state index in [2.05, 4.69) is 29.6 Å². The first-order chi connectivity index (χ1) is 6.84. The quantitative estimate of drug-likeness (QED) is 0.720. The Bertz CT molecular complexity index is 335. The molecule has 0 radical (unpaired) electrons. The average Bonchev–Trinajstić information content (AvgIpc) is 2.17. The van der Waals surface area contributed by atoms with E-state index in [-0.39, 0.29) is 5.91 Å². The van der Waals surface area contributed by atoms with Crippen LogP contribution in [0.25, 0.3) is 6.08 Å². The summed E-state index contributed by atoms with van der Waals surface area (Å²) in [6.45, 7) is 0. The molecule has 2 heteroatoms. The lowest BCUT2D eigenvalue weighted by atomic mass is 10.0. The van der Waals surface area contributed by atoms with Gasteiger partial charge in [0.1, 0.15) is 0 Å². The molecule has 1 aliphatic heterocycles. The number of β-lactam (4-membered cyclic amide) rings is 1. The van der Waals surface area contributed by atoms with Crippen molar-refractivity contribution in [1.29, 1.82) is 0 Å². The Morgan fingerprint density at radius 2 is 2.07 bits per heavy atom. The number of hydrogen-bond acceptors (Lipinski definition) is 1. The third-order valence-electron chi connectivity index (χ3n) is 2.33. The van der Waals surface area contributed by atoms with E-state index in [1.807, 2.05) is 18.2 Å². The summed E-state index contributed by atoms with van der Waals surface area (Å²) in [5.74, 6) is 0.170. The Morgan fingerprint density at radius 3 is 2.71 bits per heavy atom. The van der Waals surface area contributed by atoms with Crippen LogP contribution in [-0.2, 0) is 4.79 Å². The SMILES string of the molecule is O=C1CC(C/C=C/c2ccccc2)N1. The second-order valence-electron chi connectivity index (χ2n) is 3.52. The van der Waals surface area contributed by atoms with Crippen molar-refractivity contribution in [1.82, 2.24) is 5.32 Å². The zero-order valence-corrected chi connectivity index (χ0v) is 7.94. The topological polar surface area (TPSA) is 29.1 Å². The molecular formula is C12H13NO. The molecule has 1 saturated heterocycles. The Morgan fingerprint density at radius 1 is 1.36 bits per heavy atom. The maximum absolute atomic E-state index is 10.6. The highest BCUT2D eigenvalue weighted by Crippen LogP contribution is 2.10. The molecule has 1 fully saturated rings. The lowest BCUT2D eigenvalue weighted by molar-refractivity contribution is -0.128. The van der Waals surface area contributed by atoms with Gasteiger partial charge in [-0.2, -0.15) is 0 Å². The molecule has 0 bridgehead atoms. The average molecular weight is 187 g/mol. The molecule has 1 amide bonds. The van der Waals surface area contributed by atoms with Crippen LogP contribution in [0.4, 0.5) is 0 Å². The molecule has 1 aromatic carbocycles. The molecule has 0 spiro atoms. The molecule has 0 aliphatic carbocycles. The number of rotatable bonds is 3. The number of nitrogens with one attached hydrogen (secondary N) is 1. The van der Waals surface area contributed by atoms with E-state index in [1.165, 1.54) is 5.56 Å². The lowest BCUT2D eigenvalue weighted by Crippen LogP contribution is -2.47. The largest absolute Gasteiger partial charge is 0.352 e. The van der Waals surface area contributed by atoms with Gasteiger partial charge in [0.05, 0.1) is 0 Å². The fraction of sp³-hybridized carbons (Fsp3) is 0.250. The van der Waals surface area contributed by atoms with Gasteiger partial charge in [0.15, 0.2) is 0 Å². The van der Waals surface area contributed by atoms with Crippen LogP contribution in [0.15, 0.2) is 36.4 Å². The summed E-state index contributed by atoms with van der Waals surface area (Å²) in [6.07, 6.45) is 5.81. The first kappa shape index (κ1) is 9.00. The minimum atomic E-state index is 0.170. The molecule has 1 aromatic rings. The minimum Gasteiger partial charge on any atom is -0.352 e. The molecular weight excluding hydrogens is 174 g/mol. The van der Waals surface area contributed by atoms with E-state index in [0.29, 0.717) is 12.5 Å². The highest BCUT2D eigenvalue weighted by atomic mass is 16.2. The van der Waals surface area contributed by atoms with Crippen molar-refractivity contribution in [2.45, 2.75) is 18.9 Å². The molecule has 2 nitrogen and oxygen atoms in total. The number of carbonyl (C=O) groups excluding carboxylic acids is 1. The van der Waals surface area contributed by atoms with Gasteiger partial charge in [-0.05, 0) is 12.0 Å². The van der Waals surface area contributed by atoms with Crippen LogP contribution in [0.3, 0.4) is 0 Å². The van der Waals surface area contributed by atoms with Crippen LogP contribution in [0.1, 0.15) is 18.4 Å². The van der Waals surface area contributed by atoms with Crippen LogP contribution in [0, 0.1) is 0 Å². The molecule has 2 rings (SSSR count). The van der Waals surface area contributed by atoms with Gasteiger partial charge in [-0.3, -0.25) is 4.79 Å². The van der Waals surface area contributed by atoms with E-state index in [1.54, 1.807) is 0 Å². The van der Waals surface area contributed by atoms with Crippen molar-refractivity contribution in [3.05, 3.63) is 42.0 Å². The number of hydrogen-bond donors (Lipinski definition) is 1. The molecule has 14 heavy (non-hydrogen) atoms. The minimum absolute atomic E-state index is 0.170. The van der Waals surface area contributed by atoms with Crippen molar-refractivity contribution < 1.29 is 4.79 Å². The van der Waals surface area contributed by atoms with E-state index in [4.69, 9.17) is 0 Å². The number of benzene rings is 1. The number of carbonyl (C=O) groups is 1. The monoisotopic (exact) mass is 187 g/mol. The van der Waals surface area contributed by atoms with Crippen molar-refractivity contribution in [2.24, 2.45) is 0 Å². The standard InChI is InChI=1S/C12H13NO/c14-12-9-11(13-12)8-4-7-10-5-2-1-3-6-10/h1-7,11H,8-9H2,(H,13,14)/b7-4+. The molecule has 72 valence electrons. The molecule has 1 aliphatic rings. The maximum atomic E-state index is 10.6. The van der Waals surface area contributed by atoms with Gasteiger partial charge >= 0.3 is 0 Å². The fourth-order valence-electron chi connectivity index (χ4n) is 1.51. The van der Waals surface area contributed by atoms with Crippen molar-refractivity contribution >= 4 is 12.0 Å². The summed E-state index contributed by atoms with van der Waals surface area (Å²) in [5, 5.41) is 2.84. The van der Waals surface area contributed by atoms with Crippen LogP contribution < -0.4 is 5.32 Å². The predicted octanol–water partition coefficient (Wildman–Crippen LogP) is 1.98. The molecule has 0 aromatic heterocycles. The summed E-state index contributed by atoms with van der Waals surface area (Å²) in [4.78, 5) is 10.6. The molecule has 1 atom stereocenters. The van der Waals surface area contributed by atoms with E-state index in [0.717, 1.165) is 6.42 Å². The van der Waals surface area contributed by atoms with Crippen molar-refractivity contribution in [3.63, 3.8) is 0 Å². The maximum Gasteiger partial charge on any atom is 0.222 e. The molecule has 0 saturated carbocycles. The van der Waals surface area contributed by atoms with Gasteiger partial charge < -0.3 is 5.32 Å². The van der Waals surface area contributed by atoms with E-state index in [9.17, 15) is 4.79 Å². The highest BCUT2D eigenvalue weighted by Gasteiger charge is 2.23. The third-order valence-corrected chi connectivity index (χ3v) is 2.33.